The Morgan fingerprint density at radius 2 is 2.06 bits per heavy atom. The van der Waals surface area contributed by atoms with Crippen LogP contribution in [-0.4, -0.2) is 31.4 Å². The Labute approximate surface area is 193 Å². The molecule has 3 atom stereocenters. The lowest BCUT2D eigenvalue weighted by atomic mass is 9.84. The van der Waals surface area contributed by atoms with E-state index in [9.17, 15) is 14.0 Å². The van der Waals surface area contributed by atoms with Gasteiger partial charge in [0.1, 0.15) is 5.82 Å². The molecule has 1 aliphatic rings. The number of ketones is 1. The fourth-order valence-electron chi connectivity index (χ4n) is 4.24. The van der Waals surface area contributed by atoms with Gasteiger partial charge in [0, 0.05) is 31.0 Å². The lowest BCUT2D eigenvalue weighted by Crippen LogP contribution is -2.28. The predicted molar refractivity (Wildman–Crippen MR) is 125 cm³/mol. The molecule has 1 heterocycles. The molecular formula is C25H30ClFN2O3. The number of nitrogens with one attached hydrogen (secondary N) is 2. The van der Waals surface area contributed by atoms with E-state index >= 15 is 0 Å². The molecule has 172 valence electrons. The van der Waals surface area contributed by atoms with E-state index in [0.717, 1.165) is 31.5 Å². The van der Waals surface area contributed by atoms with Crippen LogP contribution in [0.3, 0.4) is 0 Å². The molecule has 1 amide bonds. The quantitative estimate of drug-likeness (QED) is 0.517. The first-order valence-corrected chi connectivity index (χ1v) is 11.4. The second kappa shape index (κ2) is 11.5. The number of ether oxygens (including phenoxy) is 1. The maximum absolute atomic E-state index is 14.1. The van der Waals surface area contributed by atoms with E-state index in [2.05, 4.69) is 17.6 Å². The molecule has 0 saturated carbocycles. The average Bonchev–Trinajstić information content (AvgIpc) is 3.00. The number of benzene rings is 2. The Bertz CT molecular complexity index is 953. The monoisotopic (exact) mass is 460 g/mol. The summed E-state index contributed by atoms with van der Waals surface area (Å²) in [5.41, 5.74) is 1.80. The van der Waals surface area contributed by atoms with Crippen LogP contribution in [0.15, 0.2) is 42.5 Å². The zero-order valence-electron chi connectivity index (χ0n) is 18.5. The third kappa shape index (κ3) is 6.37. The Hall–Kier alpha value is -2.28. The Morgan fingerprint density at radius 1 is 1.28 bits per heavy atom. The van der Waals surface area contributed by atoms with Gasteiger partial charge >= 0.3 is 0 Å². The molecule has 5 nitrogen and oxygen atoms in total. The van der Waals surface area contributed by atoms with Crippen molar-refractivity contribution in [1.82, 2.24) is 5.32 Å². The molecule has 2 N–H and O–H groups in total. The number of hydrogen-bond acceptors (Lipinski definition) is 4. The molecule has 0 spiro atoms. The average molecular weight is 461 g/mol. The number of anilines is 1. The second-order valence-corrected chi connectivity index (χ2v) is 8.70. The number of carbonyl (C=O) groups is 2. The fourth-order valence-corrected chi connectivity index (χ4v) is 4.36. The minimum Gasteiger partial charge on any atom is -0.372 e. The number of Topliss-reactive ketones (excluding diaryl/α,β-unsaturated/α-hetero) is 1. The molecule has 3 unspecified atom stereocenters. The van der Waals surface area contributed by atoms with Crippen molar-refractivity contribution in [2.75, 3.05) is 25.0 Å². The van der Waals surface area contributed by atoms with Gasteiger partial charge in [-0.15, -0.1) is 0 Å². The highest BCUT2D eigenvalue weighted by molar-refractivity contribution is 6.30. The summed E-state index contributed by atoms with van der Waals surface area (Å²) >= 11 is 5.86. The normalized spacial score (nSPS) is 19.8. The molecule has 2 aromatic carbocycles. The lowest BCUT2D eigenvalue weighted by molar-refractivity contribution is -0.117. The van der Waals surface area contributed by atoms with Gasteiger partial charge in [-0.1, -0.05) is 43.1 Å². The summed E-state index contributed by atoms with van der Waals surface area (Å²) in [7, 11) is 0. The highest BCUT2D eigenvalue weighted by Crippen LogP contribution is 2.35. The van der Waals surface area contributed by atoms with Crippen LogP contribution in [0, 0.1) is 17.7 Å². The van der Waals surface area contributed by atoms with E-state index in [1.54, 1.807) is 36.4 Å². The molecule has 1 fully saturated rings. The molecule has 2 aromatic rings. The van der Waals surface area contributed by atoms with Crippen LogP contribution in [0.2, 0.25) is 5.02 Å². The first-order chi connectivity index (χ1) is 15.4. The van der Waals surface area contributed by atoms with Gasteiger partial charge in [-0.25, -0.2) is 4.39 Å². The molecule has 0 aliphatic carbocycles. The first-order valence-electron chi connectivity index (χ1n) is 11.1. The number of rotatable bonds is 8. The van der Waals surface area contributed by atoms with Gasteiger partial charge in [-0.2, -0.15) is 0 Å². The second-order valence-electron chi connectivity index (χ2n) is 8.29. The molecule has 32 heavy (non-hydrogen) atoms. The maximum Gasteiger partial charge on any atom is 0.224 e. The topological polar surface area (TPSA) is 67.4 Å². The number of para-hydroxylation sites is 1. The zero-order chi connectivity index (χ0) is 23.1. The molecule has 0 aromatic heterocycles. The van der Waals surface area contributed by atoms with Crippen LogP contribution in [0.5, 0.6) is 0 Å². The molecule has 7 heteroatoms. The van der Waals surface area contributed by atoms with Crippen LogP contribution in [-0.2, 0) is 9.53 Å². The van der Waals surface area contributed by atoms with E-state index in [1.807, 2.05) is 0 Å². The van der Waals surface area contributed by atoms with Crippen molar-refractivity contribution in [3.8, 4) is 0 Å². The minimum absolute atomic E-state index is 0.0836. The molecule has 1 aliphatic heterocycles. The van der Waals surface area contributed by atoms with E-state index in [4.69, 9.17) is 16.3 Å². The van der Waals surface area contributed by atoms with Crippen LogP contribution in [0.4, 0.5) is 10.1 Å². The van der Waals surface area contributed by atoms with E-state index in [1.165, 1.54) is 13.0 Å². The molecule has 3 rings (SSSR count). The smallest absolute Gasteiger partial charge is 0.224 e. The van der Waals surface area contributed by atoms with Crippen molar-refractivity contribution in [1.29, 1.82) is 0 Å². The van der Waals surface area contributed by atoms with Crippen molar-refractivity contribution in [2.24, 2.45) is 11.8 Å². The van der Waals surface area contributed by atoms with Crippen LogP contribution < -0.4 is 10.6 Å². The van der Waals surface area contributed by atoms with Crippen molar-refractivity contribution in [3.63, 3.8) is 0 Å². The van der Waals surface area contributed by atoms with Gasteiger partial charge in [-0.05, 0) is 49.1 Å². The molecular weight excluding hydrogens is 431 g/mol. The van der Waals surface area contributed by atoms with Gasteiger partial charge in [0.05, 0.1) is 23.4 Å². The Balaban J connectivity index is 1.70. The third-order valence-electron chi connectivity index (χ3n) is 5.95. The standard InChI is InChI=1S/C25H30ClFN2O3/c1-3-17(13-24(31)29-23-7-5-4-6-20(23)16(2)30)12-19-15-28-10-11-32-25(19)18-8-9-21(26)22(27)14-18/h4-9,14,17,19,25,28H,3,10-13,15H2,1-2H3,(H,29,31). The predicted octanol–water partition coefficient (Wildman–Crippen LogP) is 5.40. The van der Waals surface area contributed by atoms with E-state index < -0.39 is 5.82 Å². The Morgan fingerprint density at radius 3 is 2.78 bits per heavy atom. The summed E-state index contributed by atoms with van der Waals surface area (Å²) < 4.78 is 20.2. The minimum atomic E-state index is -0.459. The lowest BCUT2D eigenvalue weighted by Gasteiger charge is -2.28. The van der Waals surface area contributed by atoms with Crippen LogP contribution in [0.1, 0.15) is 55.1 Å². The maximum atomic E-state index is 14.1. The van der Waals surface area contributed by atoms with Crippen LogP contribution in [0.25, 0.3) is 0 Å². The van der Waals surface area contributed by atoms with Crippen molar-refractivity contribution >= 4 is 29.0 Å². The van der Waals surface area contributed by atoms with Gasteiger partial charge in [0.25, 0.3) is 0 Å². The molecule has 0 bridgehead atoms. The van der Waals surface area contributed by atoms with Gasteiger partial charge in [-0.3, -0.25) is 9.59 Å². The molecule has 1 saturated heterocycles. The summed E-state index contributed by atoms with van der Waals surface area (Å²) in [6.45, 7) is 5.52. The first kappa shape index (κ1) is 24.4. The number of halogens is 2. The zero-order valence-corrected chi connectivity index (χ0v) is 19.3. The summed E-state index contributed by atoms with van der Waals surface area (Å²) in [5.74, 6) is -0.470. The van der Waals surface area contributed by atoms with Crippen LogP contribution >= 0.6 is 11.6 Å². The highest BCUT2D eigenvalue weighted by Gasteiger charge is 2.29. The number of hydrogen-bond donors (Lipinski definition) is 2. The van der Waals surface area contributed by atoms with E-state index in [-0.39, 0.29) is 34.7 Å². The highest BCUT2D eigenvalue weighted by atomic mass is 35.5. The number of carbonyl (C=O) groups excluding carboxylic acids is 2. The van der Waals surface area contributed by atoms with Crippen molar-refractivity contribution in [2.45, 2.75) is 39.2 Å². The SMILES string of the molecule is CCC(CC(=O)Nc1ccccc1C(C)=O)CC1CNCCOC1c1ccc(Cl)c(F)c1. The summed E-state index contributed by atoms with van der Waals surface area (Å²) in [4.78, 5) is 24.6. The fraction of sp³-hybridized carbons (Fsp3) is 0.440. The number of amides is 1. The third-order valence-corrected chi connectivity index (χ3v) is 6.26. The van der Waals surface area contributed by atoms with Gasteiger partial charge in [0.15, 0.2) is 5.78 Å². The van der Waals surface area contributed by atoms with Gasteiger partial charge < -0.3 is 15.4 Å². The molecule has 0 radical (unpaired) electrons. The van der Waals surface area contributed by atoms with Gasteiger partial charge in [0.2, 0.25) is 5.91 Å². The summed E-state index contributed by atoms with van der Waals surface area (Å²) in [5, 5.41) is 6.36. The largest absolute Gasteiger partial charge is 0.372 e. The summed E-state index contributed by atoms with van der Waals surface area (Å²) in [6.07, 6.45) is 1.63. The Kier molecular flexibility index (Phi) is 8.79. The summed E-state index contributed by atoms with van der Waals surface area (Å²) in [6, 6.07) is 11.8. The van der Waals surface area contributed by atoms with Crippen molar-refractivity contribution < 1.29 is 18.7 Å². The van der Waals surface area contributed by atoms with E-state index in [0.29, 0.717) is 24.3 Å². The van der Waals surface area contributed by atoms with Crippen molar-refractivity contribution in [3.05, 3.63) is 64.4 Å².